The maximum atomic E-state index is 12.4. The molecule has 0 aliphatic carbocycles. The van der Waals surface area contributed by atoms with Crippen LogP contribution in [0, 0.1) is 0 Å². The van der Waals surface area contributed by atoms with E-state index in [0.717, 1.165) is 11.1 Å². The van der Waals surface area contributed by atoms with Gasteiger partial charge >= 0.3 is 5.97 Å². The molecule has 0 radical (unpaired) electrons. The standard InChI is InChI=1S/C20H19ClO7/c21-14-7-13-12(6-10(14)5-9-1-3-11(23)4-2-9)18-19(28-20(13)26)17(25)16(24)15(8-22)27-18/h1-4,6-7,15-19,22-25H,5,8H2/t15-,16-,17+,18+,19-/m1/s1. The van der Waals surface area contributed by atoms with Crippen LogP contribution in [0.5, 0.6) is 5.75 Å². The molecule has 4 rings (SSSR count). The van der Waals surface area contributed by atoms with Crippen molar-refractivity contribution in [1.29, 1.82) is 0 Å². The van der Waals surface area contributed by atoms with Gasteiger partial charge in [0.15, 0.2) is 6.10 Å². The summed E-state index contributed by atoms with van der Waals surface area (Å²) in [4.78, 5) is 12.4. The molecule has 2 aromatic rings. The van der Waals surface area contributed by atoms with Crippen molar-refractivity contribution in [2.75, 3.05) is 6.61 Å². The number of phenolic OH excluding ortho intramolecular Hbond substituents is 1. The SMILES string of the molecule is O=C1O[C@@H]2[C@@H](O)[C@H](O)[C@@H](CO)O[C@H]2c2cc(Cc3ccc(O)cc3)c(Cl)cc21. The second-order valence-electron chi connectivity index (χ2n) is 7.00. The van der Waals surface area contributed by atoms with Crippen molar-refractivity contribution in [2.24, 2.45) is 0 Å². The molecule has 0 unspecified atom stereocenters. The molecular weight excluding hydrogens is 388 g/mol. The Labute approximate surface area is 165 Å². The van der Waals surface area contributed by atoms with E-state index >= 15 is 0 Å². The number of ether oxygens (including phenoxy) is 2. The number of hydrogen-bond donors (Lipinski definition) is 4. The fourth-order valence-corrected chi connectivity index (χ4v) is 3.91. The van der Waals surface area contributed by atoms with Crippen LogP contribution in [0.3, 0.4) is 0 Å². The van der Waals surface area contributed by atoms with Crippen molar-refractivity contribution in [2.45, 2.75) is 36.9 Å². The number of aromatic hydroxyl groups is 1. The van der Waals surface area contributed by atoms with Gasteiger partial charge in [-0.25, -0.2) is 4.79 Å². The molecule has 2 heterocycles. The van der Waals surface area contributed by atoms with E-state index in [-0.39, 0.29) is 11.3 Å². The molecule has 0 saturated carbocycles. The first-order chi connectivity index (χ1) is 13.4. The van der Waals surface area contributed by atoms with Crippen LogP contribution >= 0.6 is 11.6 Å². The van der Waals surface area contributed by atoms with E-state index in [0.29, 0.717) is 17.0 Å². The second kappa shape index (κ2) is 7.35. The minimum Gasteiger partial charge on any atom is -0.508 e. The summed E-state index contributed by atoms with van der Waals surface area (Å²) in [7, 11) is 0. The Morgan fingerprint density at radius 1 is 1.07 bits per heavy atom. The Hall–Kier alpha value is -2.16. The lowest BCUT2D eigenvalue weighted by Crippen LogP contribution is -2.58. The number of fused-ring (bicyclic) bond motifs is 3. The summed E-state index contributed by atoms with van der Waals surface area (Å²) < 4.78 is 11.0. The predicted octanol–water partition coefficient (Wildman–Crippen LogP) is 1.33. The normalized spacial score (nSPS) is 29.0. The quantitative estimate of drug-likeness (QED) is 0.568. The number of benzene rings is 2. The molecule has 5 atom stereocenters. The van der Waals surface area contributed by atoms with Gasteiger partial charge in [0.2, 0.25) is 0 Å². The molecule has 2 aliphatic heterocycles. The zero-order chi connectivity index (χ0) is 20.0. The van der Waals surface area contributed by atoms with Crippen molar-refractivity contribution in [3.63, 3.8) is 0 Å². The summed E-state index contributed by atoms with van der Waals surface area (Å²) in [5, 5.41) is 39.6. The van der Waals surface area contributed by atoms with Crippen LogP contribution < -0.4 is 0 Å². The van der Waals surface area contributed by atoms with Gasteiger partial charge in [-0.3, -0.25) is 0 Å². The lowest BCUT2D eigenvalue weighted by atomic mass is 9.85. The highest BCUT2D eigenvalue weighted by Crippen LogP contribution is 2.41. The number of carbonyl (C=O) groups is 1. The second-order valence-corrected chi connectivity index (χ2v) is 7.41. The van der Waals surface area contributed by atoms with Gasteiger partial charge in [-0.15, -0.1) is 0 Å². The molecular formula is C20H19ClO7. The van der Waals surface area contributed by atoms with Crippen molar-refractivity contribution < 1.29 is 34.7 Å². The number of aliphatic hydroxyl groups is 3. The summed E-state index contributed by atoms with van der Waals surface area (Å²) in [6, 6.07) is 9.90. The number of esters is 1. The maximum Gasteiger partial charge on any atom is 0.339 e. The molecule has 4 N–H and O–H groups in total. The third-order valence-corrected chi connectivity index (χ3v) is 5.54. The molecule has 1 fully saturated rings. The highest BCUT2D eigenvalue weighted by molar-refractivity contribution is 6.31. The molecule has 8 heteroatoms. The third kappa shape index (κ3) is 3.25. The van der Waals surface area contributed by atoms with Gasteiger partial charge in [0.25, 0.3) is 0 Å². The lowest BCUT2D eigenvalue weighted by Gasteiger charge is -2.44. The van der Waals surface area contributed by atoms with Crippen molar-refractivity contribution in [3.8, 4) is 5.75 Å². The Morgan fingerprint density at radius 2 is 1.79 bits per heavy atom. The molecule has 2 aliphatic rings. The smallest absolute Gasteiger partial charge is 0.339 e. The number of phenols is 1. The summed E-state index contributed by atoms with van der Waals surface area (Å²) >= 11 is 6.36. The number of hydrogen-bond acceptors (Lipinski definition) is 7. The Balaban J connectivity index is 1.73. The molecule has 0 spiro atoms. The van der Waals surface area contributed by atoms with Crippen molar-refractivity contribution in [1.82, 2.24) is 0 Å². The average molecular weight is 407 g/mol. The Kier molecular flexibility index (Phi) is 5.03. The van der Waals surface area contributed by atoms with Crippen molar-refractivity contribution in [3.05, 3.63) is 63.7 Å². The molecule has 7 nitrogen and oxygen atoms in total. The highest BCUT2D eigenvalue weighted by atomic mass is 35.5. The summed E-state index contributed by atoms with van der Waals surface area (Å²) in [6.45, 7) is -0.487. The summed E-state index contributed by atoms with van der Waals surface area (Å²) in [5.41, 5.74) is 2.34. The number of carbonyl (C=O) groups excluding carboxylic acids is 1. The van der Waals surface area contributed by atoms with Crippen LogP contribution in [0.2, 0.25) is 5.02 Å². The van der Waals surface area contributed by atoms with Gasteiger partial charge in [0.05, 0.1) is 12.2 Å². The molecule has 2 aromatic carbocycles. The molecule has 0 aromatic heterocycles. The largest absolute Gasteiger partial charge is 0.508 e. The molecule has 1 saturated heterocycles. The highest BCUT2D eigenvalue weighted by Gasteiger charge is 2.50. The lowest BCUT2D eigenvalue weighted by molar-refractivity contribution is -0.234. The first kappa shape index (κ1) is 19.2. The van der Waals surface area contributed by atoms with Crippen LogP contribution in [0.15, 0.2) is 36.4 Å². The van der Waals surface area contributed by atoms with E-state index < -0.39 is 43.1 Å². The topological polar surface area (TPSA) is 116 Å². The van der Waals surface area contributed by atoms with E-state index in [4.69, 9.17) is 21.1 Å². The minimum absolute atomic E-state index is 0.157. The van der Waals surface area contributed by atoms with Gasteiger partial charge in [0.1, 0.15) is 30.2 Å². The average Bonchev–Trinajstić information content (AvgIpc) is 2.68. The van der Waals surface area contributed by atoms with Gasteiger partial charge in [-0.2, -0.15) is 0 Å². The zero-order valence-electron chi connectivity index (χ0n) is 14.7. The fourth-order valence-electron chi connectivity index (χ4n) is 3.68. The van der Waals surface area contributed by atoms with Crippen molar-refractivity contribution >= 4 is 17.6 Å². The van der Waals surface area contributed by atoms with Gasteiger partial charge in [-0.1, -0.05) is 29.8 Å². The molecule has 28 heavy (non-hydrogen) atoms. The van der Waals surface area contributed by atoms with E-state index in [9.17, 15) is 25.2 Å². The number of aliphatic hydroxyl groups excluding tert-OH is 3. The van der Waals surface area contributed by atoms with E-state index in [1.54, 1.807) is 30.3 Å². The number of halogens is 1. The minimum atomic E-state index is -1.38. The van der Waals surface area contributed by atoms with Crippen LogP contribution in [0.1, 0.15) is 33.2 Å². The third-order valence-electron chi connectivity index (χ3n) is 5.19. The fraction of sp³-hybridized carbons (Fsp3) is 0.350. The number of rotatable bonds is 3. The Bertz CT molecular complexity index is 898. The van der Waals surface area contributed by atoms with E-state index in [2.05, 4.69) is 0 Å². The van der Waals surface area contributed by atoms with Gasteiger partial charge in [-0.05, 0) is 41.3 Å². The van der Waals surface area contributed by atoms with Gasteiger partial charge < -0.3 is 29.9 Å². The molecule has 0 amide bonds. The maximum absolute atomic E-state index is 12.4. The van der Waals surface area contributed by atoms with Crippen LogP contribution in [0.4, 0.5) is 0 Å². The van der Waals surface area contributed by atoms with Crippen LogP contribution in [0.25, 0.3) is 0 Å². The predicted molar refractivity (Wildman–Crippen MR) is 98.3 cm³/mol. The Morgan fingerprint density at radius 3 is 2.46 bits per heavy atom. The zero-order valence-corrected chi connectivity index (χ0v) is 15.4. The summed E-state index contributed by atoms with van der Waals surface area (Å²) in [5.74, 6) is -0.504. The van der Waals surface area contributed by atoms with Crippen LogP contribution in [-0.4, -0.2) is 57.4 Å². The monoisotopic (exact) mass is 406 g/mol. The molecule has 148 valence electrons. The summed E-state index contributed by atoms with van der Waals surface area (Å²) in [6.07, 6.45) is -5.22. The first-order valence-corrected chi connectivity index (χ1v) is 9.20. The molecule has 0 bridgehead atoms. The first-order valence-electron chi connectivity index (χ1n) is 8.82. The van der Waals surface area contributed by atoms with E-state index in [1.165, 1.54) is 6.07 Å². The van der Waals surface area contributed by atoms with E-state index in [1.807, 2.05) is 0 Å². The van der Waals surface area contributed by atoms with Crippen LogP contribution in [-0.2, 0) is 15.9 Å². The van der Waals surface area contributed by atoms with Gasteiger partial charge in [0, 0.05) is 5.02 Å².